The first-order valence-corrected chi connectivity index (χ1v) is 3.10. The molecule has 0 atom stereocenters. The van der Waals surface area contributed by atoms with E-state index in [4.69, 9.17) is 5.11 Å². The Kier molecular flexibility index (Phi) is 2.46. The van der Waals surface area contributed by atoms with Crippen molar-refractivity contribution in [2.45, 2.75) is 0 Å². The van der Waals surface area contributed by atoms with Crippen molar-refractivity contribution in [1.82, 2.24) is 10.6 Å². The molecule has 0 saturated heterocycles. The van der Waals surface area contributed by atoms with Gasteiger partial charge in [-0.1, -0.05) is 11.8 Å². The predicted octanol–water partition coefficient (Wildman–Crippen LogP) is -1.28. The molecule has 0 aromatic rings. The Morgan fingerprint density at radius 2 is 2.33 bits per heavy atom. The molecule has 0 aliphatic carbocycles. The first-order chi connectivity index (χ1) is 5.74. The van der Waals surface area contributed by atoms with Crippen LogP contribution in [0.3, 0.4) is 0 Å². The average Bonchev–Trinajstić information content (AvgIpc) is 2.03. The van der Waals surface area contributed by atoms with Crippen LogP contribution in [0.25, 0.3) is 0 Å². The summed E-state index contributed by atoms with van der Waals surface area (Å²) >= 11 is 0. The Bertz CT molecular complexity index is 308. The van der Waals surface area contributed by atoms with E-state index in [-0.39, 0.29) is 12.2 Å². The van der Waals surface area contributed by atoms with Gasteiger partial charge in [0.05, 0.1) is 0 Å². The molecule has 1 aliphatic rings. The van der Waals surface area contributed by atoms with Gasteiger partial charge in [-0.05, 0) is 0 Å². The molecule has 0 unspecified atom stereocenters. The van der Waals surface area contributed by atoms with Crippen LogP contribution in [0.4, 0.5) is 4.79 Å². The highest BCUT2D eigenvalue weighted by molar-refractivity contribution is 6.08. The van der Waals surface area contributed by atoms with Gasteiger partial charge in [0, 0.05) is 6.20 Å². The second kappa shape index (κ2) is 3.55. The summed E-state index contributed by atoms with van der Waals surface area (Å²) in [5.74, 6) is 3.93. The minimum atomic E-state index is -0.699. The van der Waals surface area contributed by atoms with Crippen LogP contribution in [0.2, 0.25) is 0 Å². The van der Waals surface area contributed by atoms with Crippen LogP contribution in [0, 0.1) is 11.8 Å². The number of nitrogens with one attached hydrogen (secondary N) is 1. The Morgan fingerprint density at radius 1 is 1.58 bits per heavy atom. The van der Waals surface area contributed by atoms with E-state index in [1.54, 1.807) is 0 Å². The molecule has 1 heterocycles. The minimum absolute atomic E-state index is 0.0728. The SMILES string of the molecule is O=C1[N]C(=O)C(C#CCO)=CN1. The van der Waals surface area contributed by atoms with Crippen molar-refractivity contribution in [3.8, 4) is 11.8 Å². The number of imide groups is 1. The third-order valence-corrected chi connectivity index (χ3v) is 1.08. The molecule has 0 fully saturated rings. The fourth-order valence-corrected chi connectivity index (χ4v) is 0.605. The largest absolute Gasteiger partial charge is 0.384 e. The molecule has 0 spiro atoms. The number of carbonyl (C=O) groups is 2. The van der Waals surface area contributed by atoms with Crippen molar-refractivity contribution >= 4 is 11.9 Å². The third-order valence-electron chi connectivity index (χ3n) is 1.08. The van der Waals surface area contributed by atoms with Gasteiger partial charge < -0.3 is 10.4 Å². The second-order valence-electron chi connectivity index (χ2n) is 1.88. The van der Waals surface area contributed by atoms with Gasteiger partial charge in [0.25, 0.3) is 5.91 Å². The van der Waals surface area contributed by atoms with E-state index >= 15 is 0 Å². The van der Waals surface area contributed by atoms with Gasteiger partial charge in [-0.2, -0.15) is 5.32 Å². The smallest absolute Gasteiger partial charge is 0.348 e. The van der Waals surface area contributed by atoms with E-state index in [9.17, 15) is 9.59 Å². The van der Waals surface area contributed by atoms with Crippen molar-refractivity contribution in [2.75, 3.05) is 6.61 Å². The van der Waals surface area contributed by atoms with E-state index in [1.807, 2.05) is 0 Å². The highest BCUT2D eigenvalue weighted by atomic mass is 16.2. The van der Waals surface area contributed by atoms with Gasteiger partial charge in [-0.25, -0.2) is 4.79 Å². The molecular formula is C7H5N2O3. The zero-order valence-corrected chi connectivity index (χ0v) is 6.00. The summed E-state index contributed by atoms with van der Waals surface area (Å²) in [6, 6.07) is -0.699. The number of hydrogen-bond acceptors (Lipinski definition) is 3. The van der Waals surface area contributed by atoms with E-state index in [0.717, 1.165) is 0 Å². The summed E-state index contributed by atoms with van der Waals surface area (Å²) in [7, 11) is 0. The molecule has 1 rings (SSSR count). The maximum Gasteiger partial charge on any atom is 0.348 e. The zero-order valence-electron chi connectivity index (χ0n) is 6.00. The van der Waals surface area contributed by atoms with Crippen LogP contribution < -0.4 is 10.6 Å². The first kappa shape index (κ1) is 8.30. The lowest BCUT2D eigenvalue weighted by molar-refractivity contribution is -0.116. The van der Waals surface area contributed by atoms with Crippen LogP contribution in [0.5, 0.6) is 0 Å². The molecule has 0 aromatic heterocycles. The number of hydrogen-bond donors (Lipinski definition) is 2. The van der Waals surface area contributed by atoms with Gasteiger partial charge in [-0.15, -0.1) is 0 Å². The van der Waals surface area contributed by atoms with Gasteiger partial charge >= 0.3 is 6.03 Å². The molecule has 1 aliphatic heterocycles. The molecular weight excluding hydrogens is 160 g/mol. The van der Waals surface area contributed by atoms with Crippen LogP contribution in [0.1, 0.15) is 0 Å². The van der Waals surface area contributed by atoms with Crippen molar-refractivity contribution in [2.24, 2.45) is 0 Å². The van der Waals surface area contributed by atoms with Gasteiger partial charge in [-0.3, -0.25) is 4.79 Å². The molecule has 12 heavy (non-hydrogen) atoms. The fraction of sp³-hybridized carbons (Fsp3) is 0.143. The number of urea groups is 1. The molecule has 61 valence electrons. The lowest BCUT2D eigenvalue weighted by atomic mass is 10.2. The molecule has 1 radical (unpaired) electrons. The topological polar surface area (TPSA) is 80.5 Å². The number of nitrogens with zero attached hydrogens (tertiary/aromatic N) is 1. The highest BCUT2D eigenvalue weighted by Crippen LogP contribution is 1.96. The Labute approximate surface area is 68.4 Å². The van der Waals surface area contributed by atoms with Crippen LogP contribution in [-0.4, -0.2) is 23.7 Å². The quantitative estimate of drug-likeness (QED) is 0.439. The molecule has 0 bridgehead atoms. The van der Waals surface area contributed by atoms with Crippen LogP contribution in [0.15, 0.2) is 11.8 Å². The fourth-order valence-electron chi connectivity index (χ4n) is 0.605. The third kappa shape index (κ3) is 1.84. The van der Waals surface area contributed by atoms with Gasteiger partial charge in [0.1, 0.15) is 12.2 Å². The minimum Gasteiger partial charge on any atom is -0.384 e. The summed E-state index contributed by atoms with van der Waals surface area (Å²) in [5.41, 5.74) is 0.0728. The monoisotopic (exact) mass is 165 g/mol. The van der Waals surface area contributed by atoms with Gasteiger partial charge in [0.15, 0.2) is 0 Å². The molecule has 5 heteroatoms. The number of carbonyl (C=O) groups excluding carboxylic acids is 2. The van der Waals surface area contributed by atoms with Crippen LogP contribution >= 0.6 is 0 Å². The first-order valence-electron chi connectivity index (χ1n) is 3.10. The van der Waals surface area contributed by atoms with E-state index in [1.165, 1.54) is 6.20 Å². The highest BCUT2D eigenvalue weighted by Gasteiger charge is 2.18. The molecule has 0 saturated carbocycles. The number of amides is 3. The van der Waals surface area contributed by atoms with Gasteiger partial charge in [0.2, 0.25) is 0 Å². The Morgan fingerprint density at radius 3 is 2.92 bits per heavy atom. The lowest BCUT2D eigenvalue weighted by Crippen LogP contribution is -2.36. The maximum absolute atomic E-state index is 10.8. The Hall–Kier alpha value is -1.80. The van der Waals surface area contributed by atoms with Crippen molar-refractivity contribution in [3.05, 3.63) is 11.8 Å². The van der Waals surface area contributed by atoms with Crippen molar-refractivity contribution in [1.29, 1.82) is 0 Å². The molecule has 5 nitrogen and oxygen atoms in total. The normalized spacial score (nSPS) is 15.2. The van der Waals surface area contributed by atoms with E-state index in [2.05, 4.69) is 22.5 Å². The van der Waals surface area contributed by atoms with Crippen molar-refractivity contribution < 1.29 is 14.7 Å². The van der Waals surface area contributed by atoms with E-state index in [0.29, 0.717) is 0 Å². The lowest BCUT2D eigenvalue weighted by Gasteiger charge is -2.05. The molecule has 2 N–H and O–H groups in total. The maximum atomic E-state index is 10.8. The number of aliphatic hydroxyl groups excluding tert-OH is 1. The number of rotatable bonds is 0. The summed E-state index contributed by atoms with van der Waals surface area (Å²) in [6.07, 6.45) is 1.17. The predicted molar refractivity (Wildman–Crippen MR) is 38.6 cm³/mol. The summed E-state index contributed by atoms with van der Waals surface area (Å²) in [6.45, 7) is -0.335. The second-order valence-corrected chi connectivity index (χ2v) is 1.88. The standard InChI is InChI=1S/C7H5N2O3/c10-3-1-2-5-4-8-7(12)9-6(5)11/h4,10H,3H2,(H,8,12). The summed E-state index contributed by atoms with van der Waals surface area (Å²) in [4.78, 5) is 21.3. The van der Waals surface area contributed by atoms with E-state index < -0.39 is 11.9 Å². The average molecular weight is 165 g/mol. The van der Waals surface area contributed by atoms with Crippen molar-refractivity contribution in [3.63, 3.8) is 0 Å². The molecule has 0 aromatic carbocycles. The Balaban J connectivity index is 2.77. The zero-order chi connectivity index (χ0) is 8.97. The number of aliphatic hydroxyl groups is 1. The summed E-state index contributed by atoms with van der Waals surface area (Å²) in [5, 5.41) is 13.6. The van der Waals surface area contributed by atoms with Crippen LogP contribution in [-0.2, 0) is 4.79 Å². The molecule has 3 amide bonds. The summed E-state index contributed by atoms with van der Waals surface area (Å²) < 4.78 is 0.